The van der Waals surface area contributed by atoms with Crippen molar-refractivity contribution in [2.75, 3.05) is 0 Å². The highest BCUT2D eigenvalue weighted by atomic mass is 16.1. The van der Waals surface area contributed by atoms with Gasteiger partial charge in [0, 0.05) is 12.8 Å². The van der Waals surface area contributed by atoms with Gasteiger partial charge in [-0.15, -0.1) is 0 Å². The van der Waals surface area contributed by atoms with E-state index in [0.29, 0.717) is 18.5 Å². The summed E-state index contributed by atoms with van der Waals surface area (Å²) in [6, 6.07) is 0. The molecule has 2 aromatic rings. The molecule has 0 aliphatic heterocycles. The molecule has 0 spiro atoms. The highest BCUT2D eigenvalue weighted by Gasteiger charge is 2.21. The van der Waals surface area contributed by atoms with E-state index < -0.39 is 0 Å². The number of hydrogen-bond donors (Lipinski definition) is 1. The zero-order valence-corrected chi connectivity index (χ0v) is 6.74. The molecule has 64 valence electrons. The van der Waals surface area contributed by atoms with E-state index in [1.165, 1.54) is 6.33 Å². The number of H-pyrrole nitrogens is 1. The minimum atomic E-state index is 0.178. The van der Waals surface area contributed by atoms with Gasteiger partial charge in [0.15, 0.2) is 5.65 Å². The maximum atomic E-state index is 11.3. The maximum Gasteiger partial charge on any atom is 0.184 e. The molecule has 0 atom stereocenters. The third kappa shape index (κ3) is 0.809. The quantitative estimate of drug-likeness (QED) is 0.611. The zero-order chi connectivity index (χ0) is 8.84. The van der Waals surface area contributed by atoms with E-state index in [0.717, 1.165) is 16.8 Å². The Morgan fingerprint density at radius 1 is 1.31 bits per heavy atom. The Labute approximate surface area is 73.2 Å². The first-order valence-electron chi connectivity index (χ1n) is 4.03. The summed E-state index contributed by atoms with van der Waals surface area (Å²) in [4.78, 5) is 19.3. The molecule has 0 aromatic carbocycles. The summed E-state index contributed by atoms with van der Waals surface area (Å²) in [5, 5.41) is 7.74. The number of carbonyl (C=O) groups excluding carboxylic acids is 1. The molecule has 0 fully saturated rings. The number of nitrogens with zero attached hydrogens (tertiary/aromatic N) is 3. The summed E-state index contributed by atoms with van der Waals surface area (Å²) in [6.45, 7) is 0. The molecular formula is C8H6N4O. The van der Waals surface area contributed by atoms with Crippen LogP contribution in [0.5, 0.6) is 0 Å². The van der Waals surface area contributed by atoms with Crippen LogP contribution in [-0.4, -0.2) is 25.9 Å². The lowest BCUT2D eigenvalue weighted by atomic mass is 10.00. The van der Waals surface area contributed by atoms with Gasteiger partial charge in [0.1, 0.15) is 12.1 Å². The Hall–Kier alpha value is -1.78. The molecule has 3 rings (SSSR count). The van der Waals surface area contributed by atoms with Crippen LogP contribution in [0.3, 0.4) is 0 Å². The summed E-state index contributed by atoms with van der Waals surface area (Å²) in [5.41, 5.74) is 2.30. The Morgan fingerprint density at radius 2 is 2.23 bits per heavy atom. The number of aromatic amines is 1. The molecule has 1 N–H and O–H groups in total. The average molecular weight is 174 g/mol. The minimum absolute atomic E-state index is 0.178. The fourth-order valence-electron chi connectivity index (χ4n) is 1.69. The van der Waals surface area contributed by atoms with E-state index in [4.69, 9.17) is 0 Å². The molecule has 0 bridgehead atoms. The standard InChI is InChI=1S/C8H6N4O/c13-4-1-5-7-6(2-4)11-12-8(7)10-3-9-5/h3H,1-2H2,(H,9,10,11,12). The summed E-state index contributed by atoms with van der Waals surface area (Å²) in [5.74, 6) is 0.178. The van der Waals surface area contributed by atoms with Gasteiger partial charge < -0.3 is 0 Å². The van der Waals surface area contributed by atoms with Gasteiger partial charge in [-0.3, -0.25) is 9.89 Å². The van der Waals surface area contributed by atoms with Crippen molar-refractivity contribution in [3.8, 4) is 0 Å². The summed E-state index contributed by atoms with van der Waals surface area (Å²) < 4.78 is 0. The zero-order valence-electron chi connectivity index (χ0n) is 6.74. The summed E-state index contributed by atoms with van der Waals surface area (Å²) in [6.07, 6.45) is 2.28. The minimum Gasteiger partial charge on any atom is -0.299 e. The number of carbonyl (C=O) groups is 1. The lowest BCUT2D eigenvalue weighted by Crippen LogP contribution is -2.14. The SMILES string of the molecule is O=C1Cc2ncnc3n[nH]c(c23)C1. The molecule has 1 aliphatic carbocycles. The van der Waals surface area contributed by atoms with Crippen molar-refractivity contribution in [2.45, 2.75) is 12.8 Å². The molecule has 0 radical (unpaired) electrons. The predicted molar refractivity (Wildman–Crippen MR) is 44.1 cm³/mol. The number of rotatable bonds is 0. The van der Waals surface area contributed by atoms with Crippen LogP contribution < -0.4 is 0 Å². The first-order chi connectivity index (χ1) is 6.34. The first-order valence-corrected chi connectivity index (χ1v) is 4.03. The molecule has 5 heteroatoms. The third-order valence-corrected chi connectivity index (χ3v) is 2.24. The van der Waals surface area contributed by atoms with Gasteiger partial charge in [0.25, 0.3) is 0 Å². The molecule has 2 heterocycles. The number of nitrogens with one attached hydrogen (secondary N) is 1. The van der Waals surface area contributed by atoms with E-state index in [2.05, 4.69) is 20.2 Å². The van der Waals surface area contributed by atoms with Crippen LogP contribution in [0.25, 0.3) is 11.0 Å². The van der Waals surface area contributed by atoms with Crippen molar-refractivity contribution < 1.29 is 4.79 Å². The summed E-state index contributed by atoms with van der Waals surface area (Å²) in [7, 11) is 0. The highest BCUT2D eigenvalue weighted by Crippen LogP contribution is 2.22. The molecule has 0 unspecified atom stereocenters. The van der Waals surface area contributed by atoms with Crippen molar-refractivity contribution >= 4 is 16.8 Å². The number of Topliss-reactive ketones (excluding diaryl/α,β-unsaturated/α-hetero) is 1. The van der Waals surface area contributed by atoms with E-state index in [-0.39, 0.29) is 5.78 Å². The predicted octanol–water partition coefficient (Wildman–Crippen LogP) is 0.0206. The van der Waals surface area contributed by atoms with Gasteiger partial charge in [0.05, 0.1) is 16.8 Å². The Balaban J connectivity index is 2.44. The number of hydrogen-bond acceptors (Lipinski definition) is 4. The van der Waals surface area contributed by atoms with Crippen molar-refractivity contribution in [3.63, 3.8) is 0 Å². The Kier molecular flexibility index (Phi) is 1.10. The second-order valence-corrected chi connectivity index (χ2v) is 3.11. The lowest BCUT2D eigenvalue weighted by Gasteiger charge is -2.07. The number of aromatic nitrogens is 4. The van der Waals surface area contributed by atoms with Crippen molar-refractivity contribution in [3.05, 3.63) is 17.7 Å². The molecular weight excluding hydrogens is 168 g/mol. The van der Waals surface area contributed by atoms with E-state index in [1.807, 2.05) is 0 Å². The van der Waals surface area contributed by atoms with Crippen molar-refractivity contribution in [1.29, 1.82) is 0 Å². The van der Waals surface area contributed by atoms with Crippen LogP contribution >= 0.6 is 0 Å². The highest BCUT2D eigenvalue weighted by molar-refractivity contribution is 5.95. The van der Waals surface area contributed by atoms with Gasteiger partial charge in [-0.1, -0.05) is 0 Å². The van der Waals surface area contributed by atoms with Gasteiger partial charge in [-0.25, -0.2) is 9.97 Å². The van der Waals surface area contributed by atoms with Crippen molar-refractivity contribution in [1.82, 2.24) is 20.2 Å². The van der Waals surface area contributed by atoms with Gasteiger partial charge in [-0.2, -0.15) is 5.10 Å². The molecule has 1 aliphatic rings. The van der Waals surface area contributed by atoms with Crippen LogP contribution in [0.4, 0.5) is 0 Å². The smallest absolute Gasteiger partial charge is 0.184 e. The van der Waals surface area contributed by atoms with Crippen LogP contribution in [0.15, 0.2) is 6.33 Å². The molecule has 0 saturated carbocycles. The van der Waals surface area contributed by atoms with Crippen LogP contribution in [0.2, 0.25) is 0 Å². The van der Waals surface area contributed by atoms with E-state index >= 15 is 0 Å². The van der Waals surface area contributed by atoms with Gasteiger partial charge in [-0.05, 0) is 0 Å². The topological polar surface area (TPSA) is 71.5 Å². The first kappa shape index (κ1) is 6.71. The monoisotopic (exact) mass is 174 g/mol. The second kappa shape index (κ2) is 2.12. The van der Waals surface area contributed by atoms with E-state index in [9.17, 15) is 4.79 Å². The molecule has 13 heavy (non-hydrogen) atoms. The van der Waals surface area contributed by atoms with Gasteiger partial charge in [0.2, 0.25) is 0 Å². The summed E-state index contributed by atoms with van der Waals surface area (Å²) >= 11 is 0. The fraction of sp³-hybridized carbons (Fsp3) is 0.250. The van der Waals surface area contributed by atoms with Crippen LogP contribution in [0.1, 0.15) is 11.4 Å². The molecule has 0 amide bonds. The number of ketones is 1. The third-order valence-electron chi connectivity index (χ3n) is 2.24. The Morgan fingerprint density at radius 3 is 3.15 bits per heavy atom. The maximum absolute atomic E-state index is 11.3. The average Bonchev–Trinajstić information content (AvgIpc) is 2.50. The molecule has 2 aromatic heterocycles. The van der Waals surface area contributed by atoms with Gasteiger partial charge >= 0.3 is 0 Å². The second-order valence-electron chi connectivity index (χ2n) is 3.11. The largest absolute Gasteiger partial charge is 0.299 e. The van der Waals surface area contributed by atoms with Crippen LogP contribution in [-0.2, 0) is 17.6 Å². The normalized spacial score (nSPS) is 15.2. The lowest BCUT2D eigenvalue weighted by molar-refractivity contribution is -0.118. The molecule has 5 nitrogen and oxygen atoms in total. The van der Waals surface area contributed by atoms with Crippen LogP contribution in [0, 0.1) is 0 Å². The Bertz CT molecular complexity index is 502. The molecule has 0 saturated heterocycles. The van der Waals surface area contributed by atoms with Crippen molar-refractivity contribution in [2.24, 2.45) is 0 Å². The van der Waals surface area contributed by atoms with E-state index in [1.54, 1.807) is 0 Å². The fourth-order valence-corrected chi connectivity index (χ4v) is 1.69.